The van der Waals surface area contributed by atoms with Crippen LogP contribution in [-0.2, 0) is 12.1 Å². The summed E-state index contributed by atoms with van der Waals surface area (Å²) in [6.07, 6.45) is 0. The number of benzene rings is 2. The number of hydrogen-bond acceptors (Lipinski definition) is 4. The molecule has 7 heteroatoms. The van der Waals surface area contributed by atoms with Gasteiger partial charge in [0.15, 0.2) is 17.2 Å². The van der Waals surface area contributed by atoms with Gasteiger partial charge in [0.25, 0.3) is 0 Å². The van der Waals surface area contributed by atoms with Crippen molar-refractivity contribution >= 4 is 17.3 Å². The van der Waals surface area contributed by atoms with Crippen LogP contribution in [0.1, 0.15) is 26.6 Å². The molecule has 136 valence electrons. The molecule has 3 aromatic rings. The number of nitrogens with two attached hydrogens (primary N) is 1. The maximum atomic E-state index is 13.3. The van der Waals surface area contributed by atoms with Gasteiger partial charge >= 0.3 is 0 Å². The number of hydrogen-bond donors (Lipinski definition) is 1. The van der Waals surface area contributed by atoms with Gasteiger partial charge in [0.2, 0.25) is 0 Å². The van der Waals surface area contributed by atoms with Gasteiger partial charge < -0.3 is 15.0 Å². The minimum Gasteiger partial charge on any atom is -0.478 e. The molecule has 2 aromatic carbocycles. The number of ether oxygens (including phenoxy) is 1. The Hall–Kier alpha value is -2.60. The van der Waals surface area contributed by atoms with Crippen LogP contribution in [0.15, 0.2) is 42.5 Å². The molecule has 0 atom stereocenters. The minimum absolute atomic E-state index is 0.208. The van der Waals surface area contributed by atoms with Crippen molar-refractivity contribution in [3.05, 3.63) is 59.1 Å². The van der Waals surface area contributed by atoms with Crippen LogP contribution in [0.4, 0.5) is 10.1 Å². The quantitative estimate of drug-likeness (QED) is 0.660. The Balaban J connectivity index is 1.98. The van der Waals surface area contributed by atoms with Gasteiger partial charge in [-0.1, -0.05) is 11.6 Å². The zero-order valence-corrected chi connectivity index (χ0v) is 15.6. The maximum absolute atomic E-state index is 13.3. The fourth-order valence-corrected chi connectivity index (χ4v) is 2.98. The van der Waals surface area contributed by atoms with Crippen LogP contribution in [0.3, 0.4) is 0 Å². The van der Waals surface area contributed by atoms with Crippen molar-refractivity contribution in [1.29, 1.82) is 0 Å². The summed E-state index contributed by atoms with van der Waals surface area (Å²) in [5, 5.41) is 8.88. The van der Waals surface area contributed by atoms with Crippen molar-refractivity contribution in [2.24, 2.45) is 0 Å². The predicted octanol–water partition coefficient (Wildman–Crippen LogP) is 4.65. The lowest BCUT2D eigenvalue weighted by atomic mass is 10.1. The first-order valence-corrected chi connectivity index (χ1v) is 8.63. The van der Waals surface area contributed by atoms with Gasteiger partial charge in [0, 0.05) is 17.8 Å². The van der Waals surface area contributed by atoms with Gasteiger partial charge in [0.1, 0.15) is 11.6 Å². The number of aromatic nitrogens is 3. The minimum atomic E-state index is -0.823. The molecule has 0 saturated carbocycles. The van der Waals surface area contributed by atoms with E-state index >= 15 is 0 Å². The van der Waals surface area contributed by atoms with E-state index in [9.17, 15) is 4.39 Å². The zero-order valence-electron chi connectivity index (χ0n) is 14.8. The Morgan fingerprint density at radius 1 is 1.15 bits per heavy atom. The largest absolute Gasteiger partial charge is 0.478 e. The van der Waals surface area contributed by atoms with Crippen molar-refractivity contribution in [1.82, 2.24) is 14.8 Å². The molecule has 1 aromatic heterocycles. The van der Waals surface area contributed by atoms with Gasteiger partial charge in [-0.25, -0.2) is 4.39 Å². The Labute approximate surface area is 156 Å². The molecule has 0 aliphatic carbocycles. The SMILES string of the molecule is CCn1c(-c2ccc(N)cc2)nnc1C(C)(C)Oc1ccc(F)cc1Cl. The van der Waals surface area contributed by atoms with Crippen molar-refractivity contribution in [2.75, 3.05) is 5.73 Å². The second kappa shape index (κ2) is 6.96. The second-order valence-corrected chi connectivity index (χ2v) is 6.81. The fourth-order valence-electron chi connectivity index (χ4n) is 2.77. The summed E-state index contributed by atoms with van der Waals surface area (Å²) in [6.45, 7) is 6.41. The van der Waals surface area contributed by atoms with E-state index in [4.69, 9.17) is 22.1 Å². The average molecular weight is 375 g/mol. The summed E-state index contributed by atoms with van der Waals surface area (Å²) < 4.78 is 21.3. The van der Waals surface area contributed by atoms with Crippen molar-refractivity contribution in [2.45, 2.75) is 32.9 Å². The van der Waals surface area contributed by atoms with Crippen molar-refractivity contribution in [3.63, 3.8) is 0 Å². The molecule has 0 bridgehead atoms. The van der Waals surface area contributed by atoms with Crippen LogP contribution in [0.25, 0.3) is 11.4 Å². The number of nitrogens with zero attached hydrogens (tertiary/aromatic N) is 3. The molecule has 0 aliphatic heterocycles. The third-order valence-corrected chi connectivity index (χ3v) is 4.33. The summed E-state index contributed by atoms with van der Waals surface area (Å²) in [6, 6.07) is 11.5. The van der Waals surface area contributed by atoms with E-state index in [1.807, 2.05) is 49.6 Å². The normalized spacial score (nSPS) is 11.6. The van der Waals surface area contributed by atoms with Crippen LogP contribution in [0.5, 0.6) is 5.75 Å². The highest BCUT2D eigenvalue weighted by Crippen LogP contribution is 2.33. The highest BCUT2D eigenvalue weighted by Gasteiger charge is 2.31. The van der Waals surface area contributed by atoms with Crippen molar-refractivity contribution < 1.29 is 9.13 Å². The first kappa shape index (κ1) is 18.2. The molecule has 0 fully saturated rings. The number of anilines is 1. The Kier molecular flexibility index (Phi) is 4.87. The molecule has 1 heterocycles. The zero-order chi connectivity index (χ0) is 18.9. The number of rotatable bonds is 5. The topological polar surface area (TPSA) is 66.0 Å². The number of halogens is 2. The Bertz CT molecular complexity index is 922. The summed E-state index contributed by atoms with van der Waals surface area (Å²) in [7, 11) is 0. The molecular formula is C19H20ClFN4O. The second-order valence-electron chi connectivity index (χ2n) is 6.40. The van der Waals surface area contributed by atoms with E-state index in [1.165, 1.54) is 18.2 Å². The first-order chi connectivity index (χ1) is 12.3. The lowest BCUT2D eigenvalue weighted by molar-refractivity contribution is 0.0940. The molecule has 5 nitrogen and oxygen atoms in total. The summed E-state index contributed by atoms with van der Waals surface area (Å²) in [5.74, 6) is 1.34. The lowest BCUT2D eigenvalue weighted by Gasteiger charge is -2.26. The van der Waals surface area contributed by atoms with Crippen LogP contribution in [-0.4, -0.2) is 14.8 Å². The summed E-state index contributed by atoms with van der Waals surface area (Å²) in [5.41, 5.74) is 6.53. The Morgan fingerprint density at radius 3 is 2.46 bits per heavy atom. The van der Waals surface area contributed by atoms with Gasteiger partial charge in [-0.15, -0.1) is 10.2 Å². The monoisotopic (exact) mass is 374 g/mol. The molecule has 0 unspecified atom stereocenters. The van der Waals surface area contributed by atoms with E-state index < -0.39 is 11.4 Å². The van der Waals surface area contributed by atoms with E-state index in [0.717, 1.165) is 11.4 Å². The van der Waals surface area contributed by atoms with Crippen molar-refractivity contribution in [3.8, 4) is 17.1 Å². The van der Waals surface area contributed by atoms with E-state index in [-0.39, 0.29) is 5.02 Å². The van der Waals surface area contributed by atoms with E-state index in [0.29, 0.717) is 23.8 Å². The van der Waals surface area contributed by atoms with Crippen LogP contribution in [0, 0.1) is 5.82 Å². The van der Waals surface area contributed by atoms with Crippen LogP contribution < -0.4 is 10.5 Å². The summed E-state index contributed by atoms with van der Waals surface area (Å²) >= 11 is 6.09. The molecular weight excluding hydrogens is 355 g/mol. The maximum Gasteiger partial charge on any atom is 0.177 e. The smallest absolute Gasteiger partial charge is 0.177 e. The van der Waals surface area contributed by atoms with Gasteiger partial charge in [-0.3, -0.25) is 0 Å². The predicted molar refractivity (Wildman–Crippen MR) is 101 cm³/mol. The van der Waals surface area contributed by atoms with E-state index in [1.54, 1.807) is 0 Å². The highest BCUT2D eigenvalue weighted by atomic mass is 35.5. The van der Waals surface area contributed by atoms with Crippen LogP contribution in [0.2, 0.25) is 5.02 Å². The third-order valence-electron chi connectivity index (χ3n) is 4.03. The molecule has 0 radical (unpaired) electrons. The molecule has 0 spiro atoms. The molecule has 0 amide bonds. The summed E-state index contributed by atoms with van der Waals surface area (Å²) in [4.78, 5) is 0. The van der Waals surface area contributed by atoms with Gasteiger partial charge in [-0.2, -0.15) is 0 Å². The standard InChI is InChI=1S/C19H20ClFN4O/c1-4-25-17(12-5-8-14(22)9-6-12)23-24-18(25)19(2,3)26-16-10-7-13(21)11-15(16)20/h5-11H,4,22H2,1-3H3. The fraction of sp³-hybridized carbons (Fsp3) is 0.263. The van der Waals surface area contributed by atoms with E-state index in [2.05, 4.69) is 10.2 Å². The highest BCUT2D eigenvalue weighted by molar-refractivity contribution is 6.32. The van der Waals surface area contributed by atoms with Gasteiger partial charge in [-0.05, 0) is 63.2 Å². The molecule has 0 aliphatic rings. The lowest BCUT2D eigenvalue weighted by Crippen LogP contribution is -2.30. The molecule has 26 heavy (non-hydrogen) atoms. The number of nitrogen functional groups attached to an aromatic ring is 1. The molecule has 2 N–H and O–H groups in total. The third kappa shape index (κ3) is 3.51. The molecule has 0 saturated heterocycles. The molecule has 3 rings (SSSR count). The first-order valence-electron chi connectivity index (χ1n) is 8.25. The average Bonchev–Trinajstić information content (AvgIpc) is 3.03. The van der Waals surface area contributed by atoms with Crippen LogP contribution >= 0.6 is 11.6 Å². The van der Waals surface area contributed by atoms with Gasteiger partial charge in [0.05, 0.1) is 5.02 Å². The Morgan fingerprint density at radius 2 is 1.85 bits per heavy atom.